The van der Waals surface area contributed by atoms with Crippen molar-refractivity contribution in [1.82, 2.24) is 9.71 Å². The second-order valence-corrected chi connectivity index (χ2v) is 6.13. The van der Waals surface area contributed by atoms with Crippen LogP contribution in [-0.2, 0) is 10.0 Å². The van der Waals surface area contributed by atoms with Crippen LogP contribution in [0.15, 0.2) is 10.4 Å². The van der Waals surface area contributed by atoms with Crippen LogP contribution in [0.2, 0.25) is 0 Å². The minimum absolute atomic E-state index is 0.232. The quantitative estimate of drug-likeness (QED) is 0.774. The highest BCUT2D eigenvalue weighted by Crippen LogP contribution is 2.17. The maximum absolute atomic E-state index is 11.6. The van der Waals surface area contributed by atoms with Crippen molar-refractivity contribution < 1.29 is 8.42 Å². The average Bonchev–Trinajstić information content (AvgIpc) is 2.51. The van der Waals surface area contributed by atoms with Gasteiger partial charge >= 0.3 is 0 Å². The lowest BCUT2D eigenvalue weighted by atomic mass is 10.4. The zero-order chi connectivity index (χ0) is 10.8. The van der Waals surface area contributed by atoms with Crippen LogP contribution in [0.4, 0.5) is 0 Å². The van der Waals surface area contributed by atoms with E-state index in [0.717, 1.165) is 16.3 Å². The van der Waals surface area contributed by atoms with E-state index in [4.69, 9.17) is 5.73 Å². The summed E-state index contributed by atoms with van der Waals surface area (Å²) in [6.07, 6.45) is 1.35. The molecule has 0 aliphatic rings. The van der Waals surface area contributed by atoms with Gasteiger partial charge in [-0.25, -0.2) is 18.1 Å². The van der Waals surface area contributed by atoms with Crippen molar-refractivity contribution in [2.45, 2.75) is 24.1 Å². The Kier molecular flexibility index (Phi) is 3.59. The van der Waals surface area contributed by atoms with Gasteiger partial charge in [0.2, 0.25) is 0 Å². The molecule has 0 fully saturated rings. The standard InChI is InChI=1S/C7H13N3O2S2/c1-5(3-8)10-14(11,12)7-4-9-6(2)13-7/h4-5,10H,3,8H2,1-2H3/t5-/m1/s1. The molecule has 0 spiro atoms. The van der Waals surface area contributed by atoms with Gasteiger partial charge in [-0.3, -0.25) is 0 Å². The van der Waals surface area contributed by atoms with Gasteiger partial charge in [-0.2, -0.15) is 0 Å². The number of nitrogens with two attached hydrogens (primary N) is 1. The first kappa shape index (κ1) is 11.6. The Bertz CT molecular complexity index is 399. The second-order valence-electron chi connectivity index (χ2n) is 2.96. The lowest BCUT2D eigenvalue weighted by molar-refractivity contribution is 0.564. The van der Waals surface area contributed by atoms with Crippen molar-refractivity contribution in [2.24, 2.45) is 5.73 Å². The van der Waals surface area contributed by atoms with Gasteiger partial charge in [0.1, 0.15) is 0 Å². The molecule has 1 aromatic rings. The van der Waals surface area contributed by atoms with Crippen molar-refractivity contribution in [3.63, 3.8) is 0 Å². The number of aryl methyl sites for hydroxylation is 1. The van der Waals surface area contributed by atoms with E-state index in [2.05, 4.69) is 9.71 Å². The summed E-state index contributed by atoms with van der Waals surface area (Å²) in [6.45, 7) is 3.75. The Labute approximate surface area is 87.4 Å². The van der Waals surface area contributed by atoms with E-state index < -0.39 is 10.0 Å². The monoisotopic (exact) mass is 235 g/mol. The fourth-order valence-corrected chi connectivity index (χ4v) is 3.22. The van der Waals surface area contributed by atoms with Gasteiger partial charge in [0, 0.05) is 12.6 Å². The largest absolute Gasteiger partial charge is 0.329 e. The van der Waals surface area contributed by atoms with Crippen LogP contribution in [0.5, 0.6) is 0 Å². The number of nitrogens with zero attached hydrogens (tertiary/aromatic N) is 1. The van der Waals surface area contributed by atoms with Gasteiger partial charge in [-0.05, 0) is 13.8 Å². The summed E-state index contributed by atoms with van der Waals surface area (Å²) >= 11 is 1.14. The number of nitrogens with one attached hydrogen (secondary N) is 1. The zero-order valence-corrected chi connectivity index (χ0v) is 9.65. The van der Waals surface area contributed by atoms with E-state index in [-0.39, 0.29) is 16.8 Å². The van der Waals surface area contributed by atoms with Crippen LogP contribution in [0.1, 0.15) is 11.9 Å². The molecule has 7 heteroatoms. The zero-order valence-electron chi connectivity index (χ0n) is 8.02. The van der Waals surface area contributed by atoms with Crippen molar-refractivity contribution in [2.75, 3.05) is 6.54 Å². The molecular formula is C7H13N3O2S2. The van der Waals surface area contributed by atoms with Gasteiger partial charge in [-0.1, -0.05) is 0 Å². The second kappa shape index (κ2) is 4.35. The first-order valence-electron chi connectivity index (χ1n) is 4.10. The molecule has 0 aliphatic heterocycles. The fourth-order valence-electron chi connectivity index (χ4n) is 0.837. The van der Waals surface area contributed by atoms with Gasteiger partial charge < -0.3 is 5.73 Å². The Balaban J connectivity index is 2.86. The summed E-state index contributed by atoms with van der Waals surface area (Å²) in [5, 5.41) is 0.728. The van der Waals surface area contributed by atoms with Gasteiger partial charge in [0.05, 0.1) is 11.2 Å². The molecule has 1 aromatic heterocycles. The topological polar surface area (TPSA) is 85.1 Å². The highest BCUT2D eigenvalue weighted by atomic mass is 32.2. The molecule has 0 amide bonds. The highest BCUT2D eigenvalue weighted by Gasteiger charge is 2.18. The minimum Gasteiger partial charge on any atom is -0.329 e. The van der Waals surface area contributed by atoms with E-state index in [9.17, 15) is 8.42 Å². The van der Waals surface area contributed by atoms with E-state index in [1.54, 1.807) is 13.8 Å². The molecule has 0 unspecified atom stereocenters. The Morgan fingerprint density at radius 2 is 2.36 bits per heavy atom. The van der Waals surface area contributed by atoms with Crippen molar-refractivity contribution >= 4 is 21.4 Å². The molecule has 14 heavy (non-hydrogen) atoms. The molecule has 3 N–H and O–H groups in total. The molecule has 1 heterocycles. The first-order valence-corrected chi connectivity index (χ1v) is 6.40. The summed E-state index contributed by atoms with van der Waals surface area (Å²) in [5.41, 5.74) is 5.32. The Hall–Kier alpha value is -0.500. The molecule has 5 nitrogen and oxygen atoms in total. The smallest absolute Gasteiger partial charge is 0.251 e. The third-order valence-corrected chi connectivity index (χ3v) is 4.54. The van der Waals surface area contributed by atoms with Crippen molar-refractivity contribution in [3.05, 3.63) is 11.2 Å². The van der Waals surface area contributed by atoms with Crippen molar-refractivity contribution in [3.8, 4) is 0 Å². The molecule has 1 atom stereocenters. The number of hydrogen-bond donors (Lipinski definition) is 2. The van der Waals surface area contributed by atoms with Crippen LogP contribution in [-0.4, -0.2) is 26.0 Å². The van der Waals surface area contributed by atoms with E-state index >= 15 is 0 Å². The first-order chi connectivity index (χ1) is 6.45. The van der Waals surface area contributed by atoms with Gasteiger partial charge in [0.25, 0.3) is 10.0 Å². The SMILES string of the molecule is Cc1ncc(S(=O)(=O)N[C@H](C)CN)s1. The summed E-state index contributed by atoms with van der Waals surface area (Å²) in [5.74, 6) is 0. The summed E-state index contributed by atoms with van der Waals surface area (Å²) in [4.78, 5) is 3.88. The number of rotatable bonds is 4. The van der Waals surface area contributed by atoms with Crippen LogP contribution in [0, 0.1) is 6.92 Å². The molecule has 0 bridgehead atoms. The number of sulfonamides is 1. The van der Waals surface area contributed by atoms with Crippen molar-refractivity contribution in [1.29, 1.82) is 0 Å². The predicted molar refractivity (Wildman–Crippen MR) is 55.7 cm³/mol. The average molecular weight is 235 g/mol. The third-order valence-electron chi connectivity index (χ3n) is 1.57. The predicted octanol–water partition coefficient (Wildman–Crippen LogP) is 0.0770. The highest BCUT2D eigenvalue weighted by molar-refractivity contribution is 7.91. The molecule has 0 saturated heterocycles. The maximum atomic E-state index is 11.6. The molecule has 0 saturated carbocycles. The molecule has 0 aliphatic carbocycles. The molecule has 0 radical (unpaired) electrons. The molecule has 0 aromatic carbocycles. The lowest BCUT2D eigenvalue weighted by Crippen LogP contribution is -2.37. The Morgan fingerprint density at radius 3 is 2.79 bits per heavy atom. The van der Waals surface area contributed by atoms with E-state index in [1.165, 1.54) is 6.20 Å². The van der Waals surface area contributed by atoms with Gasteiger partial charge in [-0.15, -0.1) is 11.3 Å². The van der Waals surface area contributed by atoms with Crippen LogP contribution < -0.4 is 10.5 Å². The van der Waals surface area contributed by atoms with Crippen LogP contribution in [0.25, 0.3) is 0 Å². The summed E-state index contributed by atoms with van der Waals surface area (Å²) < 4.78 is 25.9. The molecule has 1 rings (SSSR count). The van der Waals surface area contributed by atoms with E-state index in [1.807, 2.05) is 0 Å². The number of hydrogen-bond acceptors (Lipinski definition) is 5. The number of aromatic nitrogens is 1. The van der Waals surface area contributed by atoms with Crippen LogP contribution in [0.3, 0.4) is 0 Å². The summed E-state index contributed by atoms with van der Waals surface area (Å²) in [6, 6.07) is -0.262. The minimum atomic E-state index is -3.42. The Morgan fingerprint density at radius 1 is 1.71 bits per heavy atom. The maximum Gasteiger partial charge on any atom is 0.251 e. The number of thiazole rings is 1. The summed E-state index contributed by atoms with van der Waals surface area (Å²) in [7, 11) is -3.42. The normalized spacial score (nSPS) is 14.2. The van der Waals surface area contributed by atoms with E-state index in [0.29, 0.717) is 0 Å². The molecule has 80 valence electrons. The lowest BCUT2D eigenvalue weighted by Gasteiger charge is -2.09. The van der Waals surface area contributed by atoms with Gasteiger partial charge in [0.15, 0.2) is 4.21 Å². The van der Waals surface area contributed by atoms with Crippen LogP contribution >= 0.6 is 11.3 Å². The fraction of sp³-hybridized carbons (Fsp3) is 0.571. The third kappa shape index (κ3) is 2.74. The molecular weight excluding hydrogens is 222 g/mol.